The molecule has 0 unspecified atom stereocenters. The van der Waals surface area contributed by atoms with Crippen LogP contribution in [0, 0.1) is 0 Å². The van der Waals surface area contributed by atoms with Crippen LogP contribution in [-0.4, -0.2) is 65.8 Å². The van der Waals surface area contributed by atoms with Crippen LogP contribution in [0.1, 0.15) is 32.4 Å². The summed E-state index contributed by atoms with van der Waals surface area (Å²) in [6, 6.07) is 17.6. The third kappa shape index (κ3) is 4.73. The van der Waals surface area contributed by atoms with Crippen LogP contribution in [0.15, 0.2) is 60.0 Å². The Morgan fingerprint density at radius 3 is 2.38 bits per heavy atom. The zero-order valence-electron chi connectivity index (χ0n) is 18.6. The number of piperazine rings is 1. The van der Waals surface area contributed by atoms with Crippen molar-refractivity contribution < 1.29 is 9.59 Å². The molecule has 0 bridgehead atoms. The molecule has 2 aliphatic heterocycles. The number of hydrogen-bond donors (Lipinski definition) is 0. The van der Waals surface area contributed by atoms with Crippen LogP contribution in [0.25, 0.3) is 0 Å². The van der Waals surface area contributed by atoms with Crippen molar-refractivity contribution in [3.05, 3.63) is 91.6 Å². The van der Waals surface area contributed by atoms with E-state index in [2.05, 4.69) is 40.6 Å². The van der Waals surface area contributed by atoms with Crippen molar-refractivity contribution in [2.45, 2.75) is 12.5 Å². The number of hydrogen-bond acceptors (Lipinski definition) is 4. The molecule has 1 aromatic heterocycles. The van der Waals surface area contributed by atoms with Crippen molar-refractivity contribution in [1.29, 1.82) is 0 Å². The van der Waals surface area contributed by atoms with E-state index in [1.165, 1.54) is 16.0 Å². The molecule has 3 aromatic rings. The minimum atomic E-state index is -0.126. The van der Waals surface area contributed by atoms with Gasteiger partial charge in [0.1, 0.15) is 0 Å². The smallest absolute Gasteiger partial charge is 0.255 e. The standard InChI is InChI=1S/C26H25Cl2N3O2S/c27-19-6-7-20(22(28)16-19)26(33)30-13-11-29(12-14-30)24(32)17-31-10-8-23-21(9-15-34-23)25(31)18-4-2-1-3-5-18/h1-7,9,15-16,25H,8,10-14,17H2/t25-/m0/s1. The van der Waals surface area contributed by atoms with Gasteiger partial charge in [-0.15, -0.1) is 11.3 Å². The average molecular weight is 514 g/mol. The van der Waals surface area contributed by atoms with Gasteiger partial charge in [0.2, 0.25) is 5.91 Å². The number of nitrogens with zero attached hydrogens (tertiary/aromatic N) is 3. The number of fused-ring (bicyclic) bond motifs is 1. The summed E-state index contributed by atoms with van der Waals surface area (Å²) in [7, 11) is 0. The van der Waals surface area contributed by atoms with Crippen LogP contribution in [0.4, 0.5) is 0 Å². The van der Waals surface area contributed by atoms with Crippen molar-refractivity contribution >= 4 is 46.4 Å². The zero-order valence-corrected chi connectivity index (χ0v) is 21.0. The molecule has 0 spiro atoms. The van der Waals surface area contributed by atoms with E-state index in [1.807, 2.05) is 11.0 Å². The topological polar surface area (TPSA) is 43.9 Å². The Morgan fingerprint density at radius 2 is 1.65 bits per heavy atom. The summed E-state index contributed by atoms with van der Waals surface area (Å²) >= 11 is 14.0. The summed E-state index contributed by atoms with van der Waals surface area (Å²) in [6.45, 7) is 3.23. The largest absolute Gasteiger partial charge is 0.338 e. The first-order valence-electron chi connectivity index (χ1n) is 11.4. The lowest BCUT2D eigenvalue weighted by molar-refractivity contribution is -0.134. The van der Waals surface area contributed by atoms with E-state index in [1.54, 1.807) is 34.4 Å². The van der Waals surface area contributed by atoms with Gasteiger partial charge >= 0.3 is 0 Å². The highest BCUT2D eigenvalue weighted by molar-refractivity contribution is 7.10. The van der Waals surface area contributed by atoms with Gasteiger partial charge in [0, 0.05) is 42.6 Å². The fraction of sp³-hybridized carbons (Fsp3) is 0.308. The minimum absolute atomic E-state index is 0.0927. The van der Waals surface area contributed by atoms with Gasteiger partial charge in [0.05, 0.1) is 23.2 Å². The Labute approximate surface area is 213 Å². The highest BCUT2D eigenvalue weighted by Crippen LogP contribution is 2.37. The molecular weight excluding hydrogens is 489 g/mol. The van der Waals surface area contributed by atoms with Gasteiger partial charge in [0.25, 0.3) is 5.91 Å². The number of benzene rings is 2. The summed E-state index contributed by atoms with van der Waals surface area (Å²) < 4.78 is 0. The molecule has 2 amide bonds. The highest BCUT2D eigenvalue weighted by Gasteiger charge is 2.33. The van der Waals surface area contributed by atoms with Crippen LogP contribution < -0.4 is 0 Å². The monoisotopic (exact) mass is 513 g/mol. The molecule has 3 heterocycles. The molecule has 5 rings (SSSR count). The minimum Gasteiger partial charge on any atom is -0.338 e. The first kappa shape index (κ1) is 23.4. The second-order valence-corrected chi connectivity index (χ2v) is 10.5. The van der Waals surface area contributed by atoms with E-state index >= 15 is 0 Å². The van der Waals surface area contributed by atoms with Gasteiger partial charge in [-0.05, 0) is 47.2 Å². The zero-order chi connectivity index (χ0) is 23.7. The summed E-state index contributed by atoms with van der Waals surface area (Å²) in [5, 5.41) is 2.99. The van der Waals surface area contributed by atoms with E-state index in [0.717, 1.165) is 13.0 Å². The fourth-order valence-corrected chi connectivity index (χ4v) is 6.22. The van der Waals surface area contributed by atoms with E-state index in [0.29, 0.717) is 48.3 Å². The van der Waals surface area contributed by atoms with E-state index in [4.69, 9.17) is 23.2 Å². The van der Waals surface area contributed by atoms with Crippen molar-refractivity contribution in [3.8, 4) is 0 Å². The fourth-order valence-electron chi connectivity index (χ4n) is 4.83. The SMILES string of the molecule is O=C(CN1CCc2sccc2[C@@H]1c1ccccc1)N1CCN(C(=O)c2ccc(Cl)cc2Cl)CC1. The Kier molecular flexibility index (Phi) is 6.93. The van der Waals surface area contributed by atoms with Crippen molar-refractivity contribution in [2.24, 2.45) is 0 Å². The lowest BCUT2D eigenvalue weighted by Crippen LogP contribution is -2.53. The molecule has 1 fully saturated rings. The summed E-state index contributed by atoms with van der Waals surface area (Å²) in [5.41, 5.74) is 2.96. The second-order valence-electron chi connectivity index (χ2n) is 8.63. The molecule has 176 valence electrons. The van der Waals surface area contributed by atoms with Crippen molar-refractivity contribution in [2.75, 3.05) is 39.3 Å². The average Bonchev–Trinajstić information content (AvgIpc) is 3.33. The van der Waals surface area contributed by atoms with Crippen LogP contribution in [0.5, 0.6) is 0 Å². The number of amides is 2. The van der Waals surface area contributed by atoms with Crippen LogP contribution in [-0.2, 0) is 11.2 Å². The molecule has 2 aromatic carbocycles. The Hall–Kier alpha value is -2.38. The van der Waals surface area contributed by atoms with Gasteiger partial charge in [0.15, 0.2) is 0 Å². The summed E-state index contributed by atoms with van der Waals surface area (Å²) in [5.74, 6) is -0.0184. The molecule has 1 atom stereocenters. The summed E-state index contributed by atoms with van der Waals surface area (Å²) in [6.07, 6.45) is 0.966. The van der Waals surface area contributed by atoms with Crippen molar-refractivity contribution in [1.82, 2.24) is 14.7 Å². The third-order valence-corrected chi connectivity index (χ3v) is 8.14. The van der Waals surface area contributed by atoms with Gasteiger partial charge in [-0.3, -0.25) is 14.5 Å². The first-order valence-corrected chi connectivity index (χ1v) is 13.0. The van der Waals surface area contributed by atoms with E-state index in [-0.39, 0.29) is 17.9 Å². The lowest BCUT2D eigenvalue weighted by atomic mass is 9.93. The van der Waals surface area contributed by atoms with Gasteiger partial charge in [-0.1, -0.05) is 53.5 Å². The number of carbonyl (C=O) groups is 2. The van der Waals surface area contributed by atoms with Gasteiger partial charge in [-0.25, -0.2) is 0 Å². The second kappa shape index (κ2) is 10.1. The maximum Gasteiger partial charge on any atom is 0.255 e. The number of carbonyl (C=O) groups excluding carboxylic acids is 2. The lowest BCUT2D eigenvalue weighted by Gasteiger charge is -2.39. The van der Waals surface area contributed by atoms with E-state index in [9.17, 15) is 9.59 Å². The summed E-state index contributed by atoms with van der Waals surface area (Å²) in [4.78, 5) is 33.5. The maximum absolute atomic E-state index is 13.3. The molecule has 2 aliphatic rings. The van der Waals surface area contributed by atoms with Crippen LogP contribution >= 0.6 is 34.5 Å². The normalized spacial score (nSPS) is 18.6. The quantitative estimate of drug-likeness (QED) is 0.493. The predicted octanol–water partition coefficient (Wildman–Crippen LogP) is 4.99. The third-order valence-electron chi connectivity index (χ3n) is 6.60. The molecule has 8 heteroatoms. The molecule has 0 radical (unpaired) electrons. The predicted molar refractivity (Wildman–Crippen MR) is 137 cm³/mol. The number of thiophene rings is 1. The Balaban J connectivity index is 1.24. The highest BCUT2D eigenvalue weighted by atomic mass is 35.5. The molecule has 0 saturated carbocycles. The molecule has 0 aliphatic carbocycles. The molecule has 1 saturated heterocycles. The maximum atomic E-state index is 13.3. The molecule has 34 heavy (non-hydrogen) atoms. The molecular formula is C26H25Cl2N3O2S. The van der Waals surface area contributed by atoms with Gasteiger partial charge < -0.3 is 9.80 Å². The molecule has 5 nitrogen and oxygen atoms in total. The van der Waals surface area contributed by atoms with E-state index < -0.39 is 0 Å². The Morgan fingerprint density at radius 1 is 0.912 bits per heavy atom. The van der Waals surface area contributed by atoms with Crippen LogP contribution in [0.3, 0.4) is 0 Å². The Bertz CT molecular complexity index is 1190. The first-order chi connectivity index (χ1) is 16.5. The van der Waals surface area contributed by atoms with Gasteiger partial charge in [-0.2, -0.15) is 0 Å². The van der Waals surface area contributed by atoms with Crippen LogP contribution in [0.2, 0.25) is 10.0 Å². The molecule has 0 N–H and O–H groups in total. The number of rotatable bonds is 4. The number of halogens is 2. The van der Waals surface area contributed by atoms with Crippen molar-refractivity contribution in [3.63, 3.8) is 0 Å².